The Hall–Kier alpha value is -2.37. The first kappa shape index (κ1) is 24.3. The van der Waals surface area contributed by atoms with Crippen molar-refractivity contribution in [1.29, 1.82) is 0 Å². The second-order valence-corrected chi connectivity index (χ2v) is 8.15. The van der Waals surface area contributed by atoms with Gasteiger partial charge in [0.15, 0.2) is 0 Å². The molecule has 1 heterocycles. The van der Waals surface area contributed by atoms with Gasteiger partial charge in [0, 0.05) is 18.5 Å². The van der Waals surface area contributed by atoms with Crippen molar-refractivity contribution in [2.45, 2.75) is 37.0 Å². The second kappa shape index (κ2) is 12.0. The van der Waals surface area contributed by atoms with Gasteiger partial charge in [0.25, 0.3) is 0 Å². The summed E-state index contributed by atoms with van der Waals surface area (Å²) in [5, 5.41) is 14.0. The quantitative estimate of drug-likeness (QED) is 0.497. The van der Waals surface area contributed by atoms with Gasteiger partial charge in [-0.2, -0.15) is 0 Å². The van der Waals surface area contributed by atoms with Gasteiger partial charge in [-0.05, 0) is 41.7 Å². The van der Waals surface area contributed by atoms with Crippen LogP contribution in [0.5, 0.6) is 5.75 Å². The van der Waals surface area contributed by atoms with E-state index in [1.165, 1.54) is 11.1 Å². The van der Waals surface area contributed by atoms with Crippen LogP contribution in [0.15, 0.2) is 84.9 Å². The van der Waals surface area contributed by atoms with Crippen molar-refractivity contribution in [3.05, 3.63) is 102 Å². The number of benzene rings is 3. The number of aliphatic hydroxyl groups is 1. The topological polar surface area (TPSA) is 50.7 Å². The van der Waals surface area contributed by atoms with Crippen LogP contribution in [-0.2, 0) is 4.74 Å². The van der Waals surface area contributed by atoms with Crippen LogP contribution < -0.4 is 10.1 Å². The predicted octanol–water partition coefficient (Wildman–Crippen LogP) is 5.12. The van der Waals surface area contributed by atoms with Crippen LogP contribution >= 0.6 is 12.4 Å². The molecule has 3 aromatic rings. The van der Waals surface area contributed by atoms with Crippen LogP contribution in [0.1, 0.15) is 41.6 Å². The fourth-order valence-electron chi connectivity index (χ4n) is 4.38. The van der Waals surface area contributed by atoms with E-state index in [1.807, 2.05) is 24.3 Å². The molecule has 5 heteroatoms. The standard InChI is InChI=1S/C27H31NO3.ClH/c1-30-24-14-8-13-22(17-24)25(29)18-28-23-15-16-26(31-19-23)27(20-9-4-2-5-10-20)21-11-6-3-7-12-21;/h2-14,17,23,25-29H,15-16,18-19H2,1H3;1H/t23-,25+,26-;/m0./s1. The summed E-state index contributed by atoms with van der Waals surface area (Å²) >= 11 is 0. The molecule has 4 nitrogen and oxygen atoms in total. The van der Waals surface area contributed by atoms with Crippen LogP contribution in [0.4, 0.5) is 0 Å². The molecule has 32 heavy (non-hydrogen) atoms. The third kappa shape index (κ3) is 6.11. The maximum Gasteiger partial charge on any atom is 0.119 e. The third-order valence-corrected chi connectivity index (χ3v) is 6.08. The summed E-state index contributed by atoms with van der Waals surface area (Å²) in [6, 6.07) is 29.1. The Morgan fingerprint density at radius 2 is 1.53 bits per heavy atom. The highest BCUT2D eigenvalue weighted by Crippen LogP contribution is 2.34. The molecule has 0 spiro atoms. The maximum atomic E-state index is 10.5. The van der Waals surface area contributed by atoms with Crippen LogP contribution in [0.25, 0.3) is 0 Å². The third-order valence-electron chi connectivity index (χ3n) is 6.08. The summed E-state index contributed by atoms with van der Waals surface area (Å²) in [6.07, 6.45) is 1.56. The Morgan fingerprint density at radius 1 is 0.906 bits per heavy atom. The van der Waals surface area contributed by atoms with Crippen LogP contribution in [-0.4, -0.2) is 37.5 Å². The molecule has 1 aliphatic rings. The van der Waals surface area contributed by atoms with Crippen molar-refractivity contribution in [3.8, 4) is 5.75 Å². The van der Waals surface area contributed by atoms with Gasteiger partial charge < -0.3 is 19.9 Å². The Kier molecular flexibility index (Phi) is 9.12. The molecule has 1 aliphatic heterocycles. The van der Waals surface area contributed by atoms with E-state index < -0.39 is 6.10 Å². The van der Waals surface area contributed by atoms with Gasteiger partial charge in [-0.3, -0.25) is 0 Å². The SMILES string of the molecule is COc1cccc([C@H](O)CN[C@H]2CC[C@@H](C(c3ccccc3)c3ccccc3)OC2)c1.Cl. The van der Waals surface area contributed by atoms with E-state index >= 15 is 0 Å². The van der Waals surface area contributed by atoms with E-state index in [-0.39, 0.29) is 30.5 Å². The van der Waals surface area contributed by atoms with E-state index in [1.54, 1.807) is 7.11 Å². The molecular formula is C27H32ClNO3. The average molecular weight is 454 g/mol. The Balaban J connectivity index is 0.00000289. The minimum Gasteiger partial charge on any atom is -0.497 e. The van der Waals surface area contributed by atoms with E-state index in [9.17, 15) is 5.11 Å². The van der Waals surface area contributed by atoms with Gasteiger partial charge in [0.1, 0.15) is 5.75 Å². The fraction of sp³-hybridized carbons (Fsp3) is 0.333. The van der Waals surface area contributed by atoms with Crippen LogP contribution in [0.3, 0.4) is 0 Å². The highest BCUT2D eigenvalue weighted by Gasteiger charge is 2.30. The highest BCUT2D eigenvalue weighted by molar-refractivity contribution is 5.85. The number of nitrogens with one attached hydrogen (secondary N) is 1. The van der Waals surface area contributed by atoms with Gasteiger partial charge in [-0.25, -0.2) is 0 Å². The van der Waals surface area contributed by atoms with Gasteiger partial charge in [0.2, 0.25) is 0 Å². The van der Waals surface area contributed by atoms with Gasteiger partial charge in [-0.15, -0.1) is 12.4 Å². The number of hydrogen-bond acceptors (Lipinski definition) is 4. The van der Waals surface area contributed by atoms with Crippen LogP contribution in [0.2, 0.25) is 0 Å². The van der Waals surface area contributed by atoms with Crippen molar-refractivity contribution >= 4 is 12.4 Å². The largest absolute Gasteiger partial charge is 0.497 e. The molecule has 4 rings (SSSR count). The van der Waals surface area contributed by atoms with E-state index in [2.05, 4.69) is 66.0 Å². The lowest BCUT2D eigenvalue weighted by atomic mass is 9.83. The van der Waals surface area contributed by atoms with E-state index in [0.717, 1.165) is 24.2 Å². The molecule has 0 aliphatic carbocycles. The molecule has 0 aromatic heterocycles. The summed E-state index contributed by atoms with van der Waals surface area (Å²) in [5.74, 6) is 0.985. The summed E-state index contributed by atoms with van der Waals surface area (Å²) in [5.41, 5.74) is 3.44. The lowest BCUT2D eigenvalue weighted by molar-refractivity contribution is -0.0134. The van der Waals surface area contributed by atoms with Gasteiger partial charge in [0.05, 0.1) is 25.9 Å². The molecule has 0 bridgehead atoms. The molecule has 0 saturated carbocycles. The first-order chi connectivity index (χ1) is 15.2. The number of ether oxygens (including phenoxy) is 2. The number of methoxy groups -OCH3 is 1. The zero-order valence-electron chi connectivity index (χ0n) is 18.4. The van der Waals surface area contributed by atoms with E-state index in [0.29, 0.717) is 13.2 Å². The first-order valence-electron chi connectivity index (χ1n) is 11.0. The maximum absolute atomic E-state index is 10.5. The molecule has 1 saturated heterocycles. The van der Waals surface area contributed by atoms with Crippen LogP contribution in [0, 0.1) is 0 Å². The zero-order valence-corrected chi connectivity index (χ0v) is 19.2. The molecule has 170 valence electrons. The molecule has 3 aromatic carbocycles. The fourth-order valence-corrected chi connectivity index (χ4v) is 4.38. The summed E-state index contributed by atoms with van der Waals surface area (Å²) in [4.78, 5) is 0. The molecule has 0 amide bonds. The summed E-state index contributed by atoms with van der Waals surface area (Å²) in [7, 11) is 1.64. The molecule has 3 atom stereocenters. The Labute approximate surface area is 197 Å². The van der Waals surface area contributed by atoms with Gasteiger partial charge >= 0.3 is 0 Å². The van der Waals surface area contributed by atoms with Crippen molar-refractivity contribution in [2.24, 2.45) is 0 Å². The Bertz CT molecular complexity index is 890. The lowest BCUT2D eigenvalue weighted by Crippen LogP contribution is -2.43. The summed E-state index contributed by atoms with van der Waals surface area (Å²) < 4.78 is 11.6. The molecule has 0 unspecified atom stereocenters. The second-order valence-electron chi connectivity index (χ2n) is 8.15. The zero-order chi connectivity index (χ0) is 21.5. The number of rotatable bonds is 8. The minimum absolute atomic E-state index is 0. The monoisotopic (exact) mass is 453 g/mol. The normalized spacial score (nSPS) is 19.2. The average Bonchev–Trinajstić information content (AvgIpc) is 2.85. The van der Waals surface area contributed by atoms with Crippen molar-refractivity contribution in [2.75, 3.05) is 20.3 Å². The number of hydrogen-bond donors (Lipinski definition) is 2. The van der Waals surface area contributed by atoms with E-state index in [4.69, 9.17) is 9.47 Å². The number of halogens is 1. The summed E-state index contributed by atoms with van der Waals surface area (Å²) in [6.45, 7) is 1.14. The lowest BCUT2D eigenvalue weighted by Gasteiger charge is -2.35. The molecule has 1 fully saturated rings. The number of aliphatic hydroxyl groups excluding tert-OH is 1. The van der Waals surface area contributed by atoms with Crippen molar-refractivity contribution < 1.29 is 14.6 Å². The van der Waals surface area contributed by atoms with Crippen molar-refractivity contribution in [1.82, 2.24) is 5.32 Å². The van der Waals surface area contributed by atoms with Crippen molar-refractivity contribution in [3.63, 3.8) is 0 Å². The molecule has 0 radical (unpaired) electrons. The first-order valence-corrected chi connectivity index (χ1v) is 11.0. The predicted molar refractivity (Wildman–Crippen MR) is 131 cm³/mol. The smallest absolute Gasteiger partial charge is 0.119 e. The molecule has 2 N–H and O–H groups in total. The highest BCUT2D eigenvalue weighted by atomic mass is 35.5. The minimum atomic E-state index is -0.575. The Morgan fingerprint density at radius 3 is 2.09 bits per heavy atom. The van der Waals surface area contributed by atoms with Gasteiger partial charge in [-0.1, -0.05) is 72.8 Å². The molecular weight excluding hydrogens is 422 g/mol.